The summed E-state index contributed by atoms with van der Waals surface area (Å²) in [5.74, 6) is 0.923. The summed E-state index contributed by atoms with van der Waals surface area (Å²) in [6, 6.07) is -0.736. The van der Waals surface area contributed by atoms with Crippen LogP contribution in [0.4, 0.5) is 18.0 Å². The fourth-order valence-corrected chi connectivity index (χ4v) is 2.16. The predicted molar refractivity (Wildman–Crippen MR) is 58.6 cm³/mol. The van der Waals surface area contributed by atoms with Crippen LogP contribution in [0.2, 0.25) is 0 Å². The summed E-state index contributed by atoms with van der Waals surface area (Å²) < 4.78 is 35.5. The van der Waals surface area contributed by atoms with Crippen molar-refractivity contribution < 1.29 is 18.0 Å². The summed E-state index contributed by atoms with van der Waals surface area (Å²) in [5, 5.41) is 4.31. The maximum Gasteiger partial charge on any atom is 0.405 e. The summed E-state index contributed by atoms with van der Waals surface area (Å²) in [4.78, 5) is 11.1. The number of rotatable bonds is 3. The van der Waals surface area contributed by atoms with Gasteiger partial charge < -0.3 is 10.6 Å². The predicted octanol–water partition coefficient (Wildman–Crippen LogP) is 2.67. The minimum Gasteiger partial charge on any atom is -0.338 e. The highest BCUT2D eigenvalue weighted by Crippen LogP contribution is 2.28. The van der Waals surface area contributed by atoms with Gasteiger partial charge in [-0.15, -0.1) is 0 Å². The molecule has 6 heteroatoms. The van der Waals surface area contributed by atoms with E-state index < -0.39 is 18.8 Å². The molecule has 0 bridgehead atoms. The minimum absolute atomic E-state index is 0.389. The molecule has 1 fully saturated rings. The van der Waals surface area contributed by atoms with E-state index in [0.29, 0.717) is 18.4 Å². The second kappa shape index (κ2) is 6.12. The van der Waals surface area contributed by atoms with Gasteiger partial charge in [0.05, 0.1) is 0 Å². The first-order valence-corrected chi connectivity index (χ1v) is 5.97. The highest BCUT2D eigenvalue weighted by molar-refractivity contribution is 5.73. The van der Waals surface area contributed by atoms with Crippen LogP contribution in [0.1, 0.15) is 32.6 Å². The number of halogens is 3. The molecule has 17 heavy (non-hydrogen) atoms. The molecule has 1 aliphatic rings. The van der Waals surface area contributed by atoms with Crippen LogP contribution >= 0.6 is 0 Å². The molecular weight excluding hydrogens is 233 g/mol. The molecule has 2 unspecified atom stereocenters. The zero-order valence-corrected chi connectivity index (χ0v) is 9.94. The topological polar surface area (TPSA) is 41.1 Å². The molecule has 2 N–H and O–H groups in total. The average molecular weight is 252 g/mol. The Morgan fingerprint density at radius 3 is 2.47 bits per heavy atom. The smallest absolute Gasteiger partial charge is 0.338 e. The lowest BCUT2D eigenvalue weighted by Gasteiger charge is -2.28. The number of alkyl halides is 3. The van der Waals surface area contributed by atoms with Crippen LogP contribution in [0.5, 0.6) is 0 Å². The third kappa shape index (κ3) is 5.79. The molecular formula is C11H19F3N2O. The van der Waals surface area contributed by atoms with Gasteiger partial charge in [-0.05, 0) is 18.3 Å². The van der Waals surface area contributed by atoms with Crippen molar-refractivity contribution in [1.29, 1.82) is 0 Å². The van der Waals surface area contributed by atoms with Crippen LogP contribution in [-0.2, 0) is 0 Å². The SMILES string of the molecule is CC1CCCCC1CNC(=O)NCC(F)(F)F. The van der Waals surface area contributed by atoms with Crippen molar-refractivity contribution in [3.8, 4) is 0 Å². The van der Waals surface area contributed by atoms with Crippen molar-refractivity contribution >= 4 is 6.03 Å². The molecule has 0 saturated heterocycles. The van der Waals surface area contributed by atoms with Gasteiger partial charge in [-0.25, -0.2) is 4.79 Å². The zero-order chi connectivity index (χ0) is 12.9. The van der Waals surface area contributed by atoms with Crippen LogP contribution in [0.15, 0.2) is 0 Å². The maximum absolute atomic E-state index is 11.8. The molecule has 2 atom stereocenters. The Hall–Kier alpha value is -0.940. The molecule has 0 aliphatic heterocycles. The van der Waals surface area contributed by atoms with Gasteiger partial charge in [-0.3, -0.25) is 0 Å². The monoisotopic (exact) mass is 252 g/mol. The zero-order valence-electron chi connectivity index (χ0n) is 9.94. The number of hydrogen-bond acceptors (Lipinski definition) is 1. The highest BCUT2D eigenvalue weighted by atomic mass is 19.4. The minimum atomic E-state index is -4.35. The second-order valence-electron chi connectivity index (χ2n) is 4.70. The van der Waals surface area contributed by atoms with Crippen molar-refractivity contribution in [3.63, 3.8) is 0 Å². The van der Waals surface area contributed by atoms with E-state index in [9.17, 15) is 18.0 Å². The Labute approximate surface area is 99.1 Å². The Kier molecular flexibility index (Phi) is 5.08. The van der Waals surface area contributed by atoms with E-state index in [1.807, 2.05) is 0 Å². The van der Waals surface area contributed by atoms with Crippen molar-refractivity contribution in [3.05, 3.63) is 0 Å². The maximum atomic E-state index is 11.8. The first kappa shape index (κ1) is 14.1. The molecule has 1 saturated carbocycles. The quantitative estimate of drug-likeness (QED) is 0.796. The molecule has 3 nitrogen and oxygen atoms in total. The molecule has 0 spiro atoms. The number of hydrogen-bond donors (Lipinski definition) is 2. The molecule has 0 radical (unpaired) electrons. The van der Waals surface area contributed by atoms with Gasteiger partial charge in [-0.1, -0.05) is 26.2 Å². The number of urea groups is 1. The average Bonchev–Trinajstić information content (AvgIpc) is 2.24. The summed E-state index contributed by atoms with van der Waals surface area (Å²) >= 11 is 0. The van der Waals surface area contributed by atoms with Gasteiger partial charge in [0.25, 0.3) is 0 Å². The summed E-state index contributed by atoms with van der Waals surface area (Å²) in [5.41, 5.74) is 0. The Bertz CT molecular complexity index is 256. The van der Waals surface area contributed by atoms with E-state index >= 15 is 0 Å². The number of carbonyl (C=O) groups excluding carboxylic acids is 1. The van der Waals surface area contributed by atoms with Crippen molar-refractivity contribution in [2.45, 2.75) is 38.8 Å². The van der Waals surface area contributed by atoms with E-state index in [-0.39, 0.29) is 0 Å². The normalized spacial score (nSPS) is 25.4. The van der Waals surface area contributed by atoms with E-state index in [1.54, 1.807) is 5.32 Å². The van der Waals surface area contributed by atoms with Crippen LogP contribution < -0.4 is 10.6 Å². The molecule has 0 aromatic carbocycles. The van der Waals surface area contributed by atoms with Gasteiger partial charge in [0, 0.05) is 6.54 Å². The number of nitrogens with one attached hydrogen (secondary N) is 2. The Morgan fingerprint density at radius 2 is 1.88 bits per heavy atom. The molecule has 0 aromatic rings. The van der Waals surface area contributed by atoms with Crippen LogP contribution in [0.25, 0.3) is 0 Å². The van der Waals surface area contributed by atoms with Crippen molar-refractivity contribution in [2.24, 2.45) is 11.8 Å². The van der Waals surface area contributed by atoms with Crippen LogP contribution in [-0.4, -0.2) is 25.3 Å². The van der Waals surface area contributed by atoms with Crippen molar-refractivity contribution in [2.75, 3.05) is 13.1 Å². The fraction of sp³-hybridized carbons (Fsp3) is 0.909. The largest absolute Gasteiger partial charge is 0.405 e. The number of carbonyl (C=O) groups is 1. The van der Waals surface area contributed by atoms with Gasteiger partial charge in [0.15, 0.2) is 0 Å². The van der Waals surface area contributed by atoms with Crippen LogP contribution in [0, 0.1) is 11.8 Å². The molecule has 100 valence electrons. The first-order chi connectivity index (χ1) is 7.88. The van der Waals surface area contributed by atoms with E-state index in [1.165, 1.54) is 6.42 Å². The highest BCUT2D eigenvalue weighted by Gasteiger charge is 2.28. The lowest BCUT2D eigenvalue weighted by atomic mass is 9.80. The standard InChI is InChI=1S/C11H19F3N2O/c1-8-4-2-3-5-9(8)6-15-10(17)16-7-11(12,13)14/h8-9H,2-7H2,1H3,(H2,15,16,17). The van der Waals surface area contributed by atoms with Gasteiger partial charge >= 0.3 is 12.2 Å². The second-order valence-corrected chi connectivity index (χ2v) is 4.70. The van der Waals surface area contributed by atoms with E-state index in [2.05, 4.69) is 12.2 Å². The first-order valence-electron chi connectivity index (χ1n) is 5.97. The van der Waals surface area contributed by atoms with Gasteiger partial charge in [-0.2, -0.15) is 13.2 Å². The summed E-state index contributed by atoms with van der Waals surface area (Å²) in [7, 11) is 0. The molecule has 1 aliphatic carbocycles. The molecule has 1 rings (SSSR count). The molecule has 0 heterocycles. The summed E-state index contributed by atoms with van der Waals surface area (Å²) in [6.07, 6.45) is 0.172. The molecule has 2 amide bonds. The van der Waals surface area contributed by atoms with E-state index in [0.717, 1.165) is 19.3 Å². The lowest BCUT2D eigenvalue weighted by molar-refractivity contribution is -0.122. The van der Waals surface area contributed by atoms with E-state index in [4.69, 9.17) is 0 Å². The van der Waals surface area contributed by atoms with Gasteiger partial charge in [0.2, 0.25) is 0 Å². The van der Waals surface area contributed by atoms with Crippen LogP contribution in [0.3, 0.4) is 0 Å². The Balaban J connectivity index is 2.19. The third-order valence-electron chi connectivity index (χ3n) is 3.26. The summed E-state index contributed by atoms with van der Waals surface area (Å²) in [6.45, 7) is 1.31. The lowest BCUT2D eigenvalue weighted by Crippen LogP contribution is -2.43. The van der Waals surface area contributed by atoms with Crippen molar-refractivity contribution in [1.82, 2.24) is 10.6 Å². The number of amides is 2. The Morgan fingerprint density at radius 1 is 1.24 bits per heavy atom. The fourth-order valence-electron chi connectivity index (χ4n) is 2.16. The third-order valence-corrected chi connectivity index (χ3v) is 3.26. The molecule has 0 aromatic heterocycles. The van der Waals surface area contributed by atoms with Gasteiger partial charge in [0.1, 0.15) is 6.54 Å².